The van der Waals surface area contributed by atoms with Gasteiger partial charge in [0, 0.05) is 11.4 Å². The number of hydrogen-bond acceptors (Lipinski definition) is 1. The van der Waals surface area contributed by atoms with Crippen molar-refractivity contribution >= 4 is 0 Å². The minimum absolute atomic E-state index is 0.387. The van der Waals surface area contributed by atoms with E-state index in [9.17, 15) is 5.11 Å². The predicted molar refractivity (Wildman–Crippen MR) is 45.6 cm³/mol. The van der Waals surface area contributed by atoms with Gasteiger partial charge in [0.1, 0.15) is 0 Å². The third-order valence-electron chi connectivity index (χ3n) is 2.27. The maximum Gasteiger partial charge on any atom is 0.0912 e. The molecule has 0 fully saturated rings. The molecule has 0 aliphatic carbocycles. The molecular weight excluding hydrogens is 138 g/mol. The zero-order chi connectivity index (χ0) is 8.59. The number of aromatic amines is 1. The van der Waals surface area contributed by atoms with E-state index in [0.717, 1.165) is 11.4 Å². The van der Waals surface area contributed by atoms with Gasteiger partial charge in [-0.1, -0.05) is 0 Å². The van der Waals surface area contributed by atoms with Crippen LogP contribution in [0.4, 0.5) is 0 Å². The lowest BCUT2D eigenvalue weighted by atomic mass is 10.1. The molecule has 0 aliphatic heterocycles. The fraction of sp³-hybridized carbons (Fsp3) is 0.556. The number of H-pyrrole nitrogens is 1. The van der Waals surface area contributed by atoms with Gasteiger partial charge in [-0.2, -0.15) is 0 Å². The molecule has 0 saturated carbocycles. The zero-order valence-corrected chi connectivity index (χ0v) is 7.52. The average Bonchev–Trinajstić information content (AvgIpc) is 2.17. The highest BCUT2D eigenvalue weighted by Crippen LogP contribution is 2.21. The van der Waals surface area contributed by atoms with Crippen LogP contribution in [0.1, 0.15) is 35.5 Å². The molecule has 0 amide bonds. The molecule has 11 heavy (non-hydrogen) atoms. The number of hydrogen-bond donors (Lipinski definition) is 2. The molecule has 0 spiro atoms. The van der Waals surface area contributed by atoms with Crippen LogP contribution in [0, 0.1) is 20.8 Å². The first-order valence-electron chi connectivity index (χ1n) is 3.87. The summed E-state index contributed by atoms with van der Waals surface area (Å²) in [7, 11) is 0. The van der Waals surface area contributed by atoms with Crippen molar-refractivity contribution in [2.45, 2.75) is 33.8 Å². The van der Waals surface area contributed by atoms with Crippen LogP contribution in [0.3, 0.4) is 0 Å². The summed E-state index contributed by atoms with van der Waals surface area (Å²) in [5, 5.41) is 9.31. The predicted octanol–water partition coefficient (Wildman–Crippen LogP) is 1.99. The third-order valence-corrected chi connectivity index (χ3v) is 2.27. The van der Waals surface area contributed by atoms with Gasteiger partial charge in [0.2, 0.25) is 0 Å². The molecular formula is C9H15NO. The SMILES string of the molecule is Cc1[nH]c([C@H](C)O)c(C)c1C. The first kappa shape index (κ1) is 8.34. The second kappa shape index (κ2) is 2.70. The maximum atomic E-state index is 9.31. The lowest BCUT2D eigenvalue weighted by Gasteiger charge is -2.01. The van der Waals surface area contributed by atoms with Crippen molar-refractivity contribution in [1.29, 1.82) is 0 Å². The molecule has 2 nitrogen and oxygen atoms in total. The molecule has 0 aromatic carbocycles. The Balaban J connectivity index is 3.19. The summed E-state index contributed by atoms with van der Waals surface area (Å²) < 4.78 is 0. The molecule has 1 heterocycles. The van der Waals surface area contributed by atoms with Gasteiger partial charge in [-0.05, 0) is 38.8 Å². The van der Waals surface area contributed by atoms with Gasteiger partial charge in [0.25, 0.3) is 0 Å². The number of aromatic nitrogens is 1. The Bertz CT molecular complexity index is 261. The quantitative estimate of drug-likeness (QED) is 0.636. The van der Waals surface area contributed by atoms with E-state index >= 15 is 0 Å². The Morgan fingerprint density at radius 1 is 1.18 bits per heavy atom. The summed E-state index contributed by atoms with van der Waals surface area (Å²) in [6.45, 7) is 7.89. The molecule has 2 N–H and O–H groups in total. The summed E-state index contributed by atoms with van der Waals surface area (Å²) in [4.78, 5) is 3.16. The van der Waals surface area contributed by atoms with Gasteiger partial charge in [0.05, 0.1) is 6.10 Å². The van der Waals surface area contributed by atoms with E-state index in [2.05, 4.69) is 11.9 Å². The van der Waals surface area contributed by atoms with Crippen molar-refractivity contribution in [2.24, 2.45) is 0 Å². The van der Waals surface area contributed by atoms with E-state index in [1.165, 1.54) is 11.1 Å². The molecule has 0 bridgehead atoms. The average molecular weight is 153 g/mol. The molecule has 0 unspecified atom stereocenters. The van der Waals surface area contributed by atoms with Crippen molar-refractivity contribution < 1.29 is 5.11 Å². The Labute approximate surface area is 67.3 Å². The standard InChI is InChI=1S/C9H15NO/c1-5-6(2)9(8(4)11)10-7(5)3/h8,10-11H,1-4H3/t8-/m0/s1. The molecule has 0 radical (unpaired) electrons. The topological polar surface area (TPSA) is 36.0 Å². The van der Waals surface area contributed by atoms with Crippen molar-refractivity contribution in [1.82, 2.24) is 4.98 Å². The van der Waals surface area contributed by atoms with Gasteiger partial charge in [0.15, 0.2) is 0 Å². The fourth-order valence-corrected chi connectivity index (χ4v) is 1.29. The Hall–Kier alpha value is -0.760. The zero-order valence-electron chi connectivity index (χ0n) is 7.52. The second-order valence-electron chi connectivity index (χ2n) is 3.09. The lowest BCUT2D eigenvalue weighted by Crippen LogP contribution is -1.93. The molecule has 1 aromatic rings. The first-order chi connectivity index (χ1) is 5.04. The summed E-state index contributed by atoms with van der Waals surface area (Å²) >= 11 is 0. The van der Waals surface area contributed by atoms with E-state index in [1.807, 2.05) is 13.8 Å². The largest absolute Gasteiger partial charge is 0.387 e. The molecule has 2 heteroatoms. The summed E-state index contributed by atoms with van der Waals surface area (Å²) in [5.74, 6) is 0. The monoisotopic (exact) mass is 153 g/mol. The van der Waals surface area contributed by atoms with E-state index in [4.69, 9.17) is 0 Å². The molecule has 1 aromatic heterocycles. The first-order valence-corrected chi connectivity index (χ1v) is 3.87. The highest BCUT2D eigenvalue weighted by Gasteiger charge is 2.10. The fourth-order valence-electron chi connectivity index (χ4n) is 1.29. The molecule has 0 saturated heterocycles. The van der Waals surface area contributed by atoms with E-state index in [1.54, 1.807) is 6.92 Å². The van der Waals surface area contributed by atoms with Crippen LogP contribution in [-0.2, 0) is 0 Å². The Kier molecular flexibility index (Phi) is 2.05. The van der Waals surface area contributed by atoms with Gasteiger partial charge >= 0.3 is 0 Å². The van der Waals surface area contributed by atoms with Crippen LogP contribution >= 0.6 is 0 Å². The highest BCUT2D eigenvalue weighted by atomic mass is 16.3. The van der Waals surface area contributed by atoms with Crippen LogP contribution in [0.25, 0.3) is 0 Å². The molecule has 0 aliphatic rings. The second-order valence-corrected chi connectivity index (χ2v) is 3.09. The van der Waals surface area contributed by atoms with Crippen molar-refractivity contribution in [3.05, 3.63) is 22.5 Å². The van der Waals surface area contributed by atoms with E-state index in [0.29, 0.717) is 0 Å². The van der Waals surface area contributed by atoms with Gasteiger partial charge < -0.3 is 10.1 Å². The van der Waals surface area contributed by atoms with Crippen LogP contribution < -0.4 is 0 Å². The summed E-state index contributed by atoms with van der Waals surface area (Å²) in [5.41, 5.74) is 4.52. The smallest absolute Gasteiger partial charge is 0.0912 e. The molecule has 1 rings (SSSR count). The molecule has 62 valence electrons. The summed E-state index contributed by atoms with van der Waals surface area (Å²) in [6.07, 6.45) is -0.387. The summed E-state index contributed by atoms with van der Waals surface area (Å²) in [6, 6.07) is 0. The number of aryl methyl sites for hydroxylation is 1. The third kappa shape index (κ3) is 1.31. The van der Waals surface area contributed by atoms with Crippen molar-refractivity contribution in [2.75, 3.05) is 0 Å². The Morgan fingerprint density at radius 2 is 1.73 bits per heavy atom. The number of aliphatic hydroxyl groups is 1. The minimum atomic E-state index is -0.387. The number of nitrogens with one attached hydrogen (secondary N) is 1. The van der Waals surface area contributed by atoms with Gasteiger partial charge in [-0.15, -0.1) is 0 Å². The Morgan fingerprint density at radius 3 is 1.91 bits per heavy atom. The maximum absolute atomic E-state index is 9.31. The van der Waals surface area contributed by atoms with Crippen molar-refractivity contribution in [3.63, 3.8) is 0 Å². The van der Waals surface area contributed by atoms with Crippen LogP contribution in [-0.4, -0.2) is 10.1 Å². The number of aliphatic hydroxyl groups excluding tert-OH is 1. The van der Waals surface area contributed by atoms with Crippen LogP contribution in [0.2, 0.25) is 0 Å². The van der Waals surface area contributed by atoms with E-state index in [-0.39, 0.29) is 6.10 Å². The molecule has 1 atom stereocenters. The lowest BCUT2D eigenvalue weighted by molar-refractivity contribution is 0.194. The van der Waals surface area contributed by atoms with Gasteiger partial charge in [-0.25, -0.2) is 0 Å². The van der Waals surface area contributed by atoms with Crippen molar-refractivity contribution in [3.8, 4) is 0 Å². The van der Waals surface area contributed by atoms with Gasteiger partial charge in [-0.3, -0.25) is 0 Å². The number of rotatable bonds is 1. The minimum Gasteiger partial charge on any atom is -0.387 e. The normalized spacial score (nSPS) is 13.5. The highest BCUT2D eigenvalue weighted by molar-refractivity contribution is 5.34. The van der Waals surface area contributed by atoms with Crippen LogP contribution in [0.5, 0.6) is 0 Å². The van der Waals surface area contributed by atoms with Crippen LogP contribution in [0.15, 0.2) is 0 Å². The van der Waals surface area contributed by atoms with E-state index < -0.39 is 0 Å².